The SMILES string of the molecule is Cc1nn([C@H](C)C(=O)N2CCc3ccccc32)c(C)c1[N+](=O)[O-]. The zero-order valence-electron chi connectivity index (χ0n) is 13.3. The molecule has 0 fully saturated rings. The molecule has 2 heterocycles. The van der Waals surface area contributed by atoms with E-state index in [1.165, 1.54) is 4.68 Å². The first-order valence-corrected chi connectivity index (χ1v) is 7.51. The smallest absolute Gasteiger partial charge is 0.310 e. The van der Waals surface area contributed by atoms with Crippen LogP contribution < -0.4 is 4.90 Å². The molecule has 0 N–H and O–H groups in total. The van der Waals surface area contributed by atoms with E-state index < -0.39 is 11.0 Å². The van der Waals surface area contributed by atoms with E-state index >= 15 is 0 Å². The van der Waals surface area contributed by atoms with Gasteiger partial charge < -0.3 is 4.90 Å². The van der Waals surface area contributed by atoms with Gasteiger partial charge in [0.25, 0.3) is 5.91 Å². The third-order valence-corrected chi connectivity index (χ3v) is 4.35. The standard InChI is InChI=1S/C16H18N4O3/c1-10-15(20(22)23)11(2)19(17-10)12(3)16(21)18-9-8-13-6-4-5-7-14(13)18/h4-7,12H,8-9H2,1-3H3/t12-/m1/s1. The van der Waals surface area contributed by atoms with E-state index in [1.54, 1.807) is 25.7 Å². The molecule has 1 aliphatic heterocycles. The Hall–Kier alpha value is -2.70. The summed E-state index contributed by atoms with van der Waals surface area (Å²) in [5.74, 6) is -0.101. The van der Waals surface area contributed by atoms with E-state index in [0.717, 1.165) is 17.7 Å². The van der Waals surface area contributed by atoms with Crippen LogP contribution in [0.15, 0.2) is 24.3 Å². The predicted octanol–water partition coefficient (Wildman–Crippen LogP) is 2.56. The molecule has 0 unspecified atom stereocenters. The zero-order chi connectivity index (χ0) is 16.7. The average molecular weight is 314 g/mol. The number of anilines is 1. The van der Waals surface area contributed by atoms with Gasteiger partial charge in [0.1, 0.15) is 17.4 Å². The first kappa shape index (κ1) is 15.2. The number of rotatable bonds is 3. The van der Waals surface area contributed by atoms with Gasteiger partial charge in [0.05, 0.1) is 4.92 Å². The maximum atomic E-state index is 12.8. The van der Waals surface area contributed by atoms with Crippen molar-refractivity contribution in [2.45, 2.75) is 33.2 Å². The molecule has 7 heteroatoms. The molecule has 120 valence electrons. The zero-order valence-corrected chi connectivity index (χ0v) is 13.3. The number of amides is 1. The predicted molar refractivity (Wildman–Crippen MR) is 85.6 cm³/mol. The molecule has 1 aromatic carbocycles. The first-order valence-electron chi connectivity index (χ1n) is 7.51. The number of aromatic nitrogens is 2. The lowest BCUT2D eigenvalue weighted by atomic mass is 10.2. The van der Waals surface area contributed by atoms with Crippen LogP contribution in [0, 0.1) is 24.0 Å². The Morgan fingerprint density at radius 3 is 2.70 bits per heavy atom. The largest absolute Gasteiger partial charge is 0.312 e. The molecule has 7 nitrogen and oxygen atoms in total. The summed E-state index contributed by atoms with van der Waals surface area (Å²) in [7, 11) is 0. The average Bonchev–Trinajstić information content (AvgIpc) is 3.06. The van der Waals surface area contributed by atoms with Gasteiger partial charge in [-0.1, -0.05) is 18.2 Å². The third kappa shape index (κ3) is 2.38. The van der Waals surface area contributed by atoms with Crippen molar-refractivity contribution in [2.75, 3.05) is 11.4 Å². The molecule has 0 radical (unpaired) electrons. The van der Waals surface area contributed by atoms with E-state index in [1.807, 2.05) is 24.3 Å². The Morgan fingerprint density at radius 1 is 1.35 bits per heavy atom. The Balaban J connectivity index is 1.93. The lowest BCUT2D eigenvalue weighted by molar-refractivity contribution is -0.386. The molecule has 3 rings (SSSR count). The fourth-order valence-corrected chi connectivity index (χ4v) is 3.19. The van der Waals surface area contributed by atoms with E-state index in [2.05, 4.69) is 5.10 Å². The molecule has 1 aliphatic rings. The first-order chi connectivity index (χ1) is 10.9. The Morgan fingerprint density at radius 2 is 2.04 bits per heavy atom. The highest BCUT2D eigenvalue weighted by Crippen LogP contribution is 2.31. The fourth-order valence-electron chi connectivity index (χ4n) is 3.19. The topological polar surface area (TPSA) is 81.3 Å². The summed E-state index contributed by atoms with van der Waals surface area (Å²) in [4.78, 5) is 25.3. The van der Waals surface area contributed by atoms with Gasteiger partial charge in [-0.15, -0.1) is 0 Å². The van der Waals surface area contributed by atoms with Gasteiger partial charge in [-0.05, 0) is 38.8 Å². The number of fused-ring (bicyclic) bond motifs is 1. The Kier molecular flexibility index (Phi) is 3.63. The molecule has 0 saturated carbocycles. The van der Waals surface area contributed by atoms with E-state index in [-0.39, 0.29) is 11.6 Å². The summed E-state index contributed by atoms with van der Waals surface area (Å²) in [6.07, 6.45) is 0.825. The maximum Gasteiger partial charge on any atom is 0.312 e. The Labute approximate surface area is 133 Å². The van der Waals surface area contributed by atoms with Crippen LogP contribution in [0.5, 0.6) is 0 Å². The van der Waals surface area contributed by atoms with E-state index in [9.17, 15) is 14.9 Å². The summed E-state index contributed by atoms with van der Waals surface area (Å²) >= 11 is 0. The second kappa shape index (κ2) is 5.49. The van der Waals surface area contributed by atoms with Gasteiger partial charge >= 0.3 is 5.69 Å². The highest BCUT2D eigenvalue weighted by atomic mass is 16.6. The van der Waals surface area contributed by atoms with Crippen LogP contribution in [0.1, 0.15) is 29.9 Å². The highest BCUT2D eigenvalue weighted by molar-refractivity contribution is 5.97. The van der Waals surface area contributed by atoms with Crippen molar-refractivity contribution in [3.8, 4) is 0 Å². The molecule has 0 bridgehead atoms. The number of hydrogen-bond donors (Lipinski definition) is 0. The van der Waals surface area contributed by atoms with Gasteiger partial charge in [0.2, 0.25) is 0 Å². The van der Waals surface area contributed by atoms with Gasteiger partial charge in [-0.25, -0.2) is 0 Å². The fraction of sp³-hybridized carbons (Fsp3) is 0.375. The molecule has 1 amide bonds. The summed E-state index contributed by atoms with van der Waals surface area (Å²) in [6, 6.07) is 7.22. The van der Waals surface area contributed by atoms with E-state index in [0.29, 0.717) is 17.9 Å². The van der Waals surface area contributed by atoms with Crippen molar-refractivity contribution >= 4 is 17.3 Å². The second-order valence-electron chi connectivity index (χ2n) is 5.77. The lowest BCUT2D eigenvalue weighted by Crippen LogP contribution is -2.35. The van der Waals surface area contributed by atoms with Gasteiger partial charge in [0, 0.05) is 12.2 Å². The number of aryl methyl sites for hydroxylation is 1. The molecule has 1 aromatic heterocycles. The summed E-state index contributed by atoms with van der Waals surface area (Å²) in [5.41, 5.74) is 2.77. The van der Waals surface area contributed by atoms with E-state index in [4.69, 9.17) is 0 Å². The minimum atomic E-state index is -0.589. The number of carbonyl (C=O) groups excluding carboxylic acids is 1. The molecular formula is C16H18N4O3. The van der Waals surface area contributed by atoms with Crippen LogP contribution in [-0.4, -0.2) is 27.2 Å². The van der Waals surface area contributed by atoms with Gasteiger partial charge in [-0.2, -0.15) is 5.10 Å². The third-order valence-electron chi connectivity index (χ3n) is 4.35. The molecule has 0 saturated heterocycles. The van der Waals surface area contributed by atoms with Gasteiger partial charge in [0.15, 0.2) is 0 Å². The van der Waals surface area contributed by atoms with Crippen molar-refractivity contribution < 1.29 is 9.72 Å². The van der Waals surface area contributed by atoms with Crippen molar-refractivity contribution in [3.05, 3.63) is 51.3 Å². The van der Waals surface area contributed by atoms with Crippen LogP contribution in [0.2, 0.25) is 0 Å². The number of para-hydroxylation sites is 1. The molecule has 2 aromatic rings. The number of nitro groups is 1. The number of nitrogens with zero attached hydrogens (tertiary/aromatic N) is 4. The quantitative estimate of drug-likeness (QED) is 0.644. The minimum Gasteiger partial charge on any atom is -0.310 e. The maximum absolute atomic E-state index is 12.8. The van der Waals surface area contributed by atoms with Crippen molar-refractivity contribution in [1.29, 1.82) is 0 Å². The minimum absolute atomic E-state index is 0.0218. The highest BCUT2D eigenvalue weighted by Gasteiger charge is 2.32. The number of benzene rings is 1. The molecular weight excluding hydrogens is 296 g/mol. The van der Waals surface area contributed by atoms with Crippen LogP contribution in [0.3, 0.4) is 0 Å². The van der Waals surface area contributed by atoms with Crippen LogP contribution in [-0.2, 0) is 11.2 Å². The van der Waals surface area contributed by atoms with Crippen LogP contribution >= 0.6 is 0 Å². The monoisotopic (exact) mass is 314 g/mol. The van der Waals surface area contributed by atoms with Crippen molar-refractivity contribution in [3.63, 3.8) is 0 Å². The molecule has 23 heavy (non-hydrogen) atoms. The van der Waals surface area contributed by atoms with Crippen LogP contribution in [0.4, 0.5) is 11.4 Å². The lowest BCUT2D eigenvalue weighted by Gasteiger charge is -2.22. The molecule has 1 atom stereocenters. The number of carbonyl (C=O) groups is 1. The van der Waals surface area contributed by atoms with Crippen molar-refractivity contribution in [1.82, 2.24) is 9.78 Å². The van der Waals surface area contributed by atoms with Gasteiger partial charge in [-0.3, -0.25) is 19.6 Å². The molecule has 0 aliphatic carbocycles. The van der Waals surface area contributed by atoms with Crippen molar-refractivity contribution in [2.24, 2.45) is 0 Å². The summed E-state index contributed by atoms with van der Waals surface area (Å²) < 4.78 is 1.46. The summed E-state index contributed by atoms with van der Waals surface area (Å²) in [6.45, 7) is 5.57. The molecule has 0 spiro atoms. The normalized spacial score (nSPS) is 14.7. The second-order valence-corrected chi connectivity index (χ2v) is 5.77. The summed E-state index contributed by atoms with van der Waals surface area (Å²) in [5, 5.41) is 15.3. The van der Waals surface area contributed by atoms with Crippen LogP contribution in [0.25, 0.3) is 0 Å². The number of hydrogen-bond acceptors (Lipinski definition) is 4. The Bertz CT molecular complexity index is 797.